The van der Waals surface area contributed by atoms with Crippen molar-refractivity contribution >= 4 is 23.6 Å². The highest BCUT2D eigenvalue weighted by molar-refractivity contribution is 6.22. The Balaban J connectivity index is 1.45. The fourth-order valence-corrected chi connectivity index (χ4v) is 3.34. The fourth-order valence-electron chi connectivity index (χ4n) is 3.34. The van der Waals surface area contributed by atoms with Gasteiger partial charge in [-0.05, 0) is 37.5 Å². The van der Waals surface area contributed by atoms with E-state index in [2.05, 4.69) is 5.32 Å². The molecule has 1 aliphatic heterocycles. The van der Waals surface area contributed by atoms with Crippen LogP contribution in [0.4, 0.5) is 0 Å². The number of fused-ring (bicyclic) bond motifs is 1. The van der Waals surface area contributed by atoms with Crippen molar-refractivity contribution < 1.29 is 19.2 Å². The number of benzene rings is 2. The predicted octanol–water partition coefficient (Wildman–Crippen LogP) is 1.88. The van der Waals surface area contributed by atoms with Gasteiger partial charge in [-0.2, -0.15) is 0 Å². The molecule has 0 aliphatic carbocycles. The van der Waals surface area contributed by atoms with Crippen molar-refractivity contribution in [2.75, 3.05) is 20.1 Å². The summed E-state index contributed by atoms with van der Waals surface area (Å²) in [7, 11) is 1.70. The third-order valence-electron chi connectivity index (χ3n) is 5.36. The first kappa shape index (κ1) is 21.2. The Morgan fingerprint density at radius 2 is 1.53 bits per heavy atom. The smallest absolute Gasteiger partial charge is 0.262 e. The number of hydrogen-bond acceptors (Lipinski definition) is 4. The zero-order valence-electron chi connectivity index (χ0n) is 17.1. The van der Waals surface area contributed by atoms with E-state index in [0.29, 0.717) is 11.1 Å². The molecule has 0 unspecified atom stereocenters. The summed E-state index contributed by atoms with van der Waals surface area (Å²) in [5.41, 5.74) is 1.79. The van der Waals surface area contributed by atoms with Crippen LogP contribution in [0.2, 0.25) is 0 Å². The van der Waals surface area contributed by atoms with Crippen molar-refractivity contribution in [2.24, 2.45) is 0 Å². The normalized spacial score (nSPS) is 13.7. The SMILES string of the molecule is C[C@@H](CCc1ccccc1)N(C)C(=O)CNC(=O)CN1C(=O)c2ccccc2C1=O. The number of nitrogens with one attached hydrogen (secondary N) is 1. The maximum Gasteiger partial charge on any atom is 0.262 e. The van der Waals surface area contributed by atoms with E-state index in [9.17, 15) is 19.2 Å². The van der Waals surface area contributed by atoms with E-state index in [0.717, 1.165) is 17.7 Å². The minimum atomic E-state index is -0.553. The van der Waals surface area contributed by atoms with Gasteiger partial charge < -0.3 is 10.2 Å². The number of carbonyl (C=O) groups excluding carboxylic acids is 4. The van der Waals surface area contributed by atoms with Gasteiger partial charge in [0, 0.05) is 13.1 Å². The van der Waals surface area contributed by atoms with Crippen molar-refractivity contribution in [1.82, 2.24) is 15.1 Å². The second kappa shape index (κ2) is 9.35. The lowest BCUT2D eigenvalue weighted by molar-refractivity contribution is -0.133. The monoisotopic (exact) mass is 407 g/mol. The van der Waals surface area contributed by atoms with Gasteiger partial charge in [0.2, 0.25) is 11.8 Å². The lowest BCUT2D eigenvalue weighted by atomic mass is 10.1. The summed E-state index contributed by atoms with van der Waals surface area (Å²) in [6, 6.07) is 16.5. The molecule has 0 bridgehead atoms. The van der Waals surface area contributed by atoms with E-state index in [1.807, 2.05) is 37.3 Å². The van der Waals surface area contributed by atoms with E-state index >= 15 is 0 Å². The van der Waals surface area contributed by atoms with Crippen LogP contribution < -0.4 is 5.32 Å². The summed E-state index contributed by atoms with van der Waals surface area (Å²) in [6.07, 6.45) is 1.65. The van der Waals surface area contributed by atoms with Crippen LogP contribution in [0, 0.1) is 0 Å². The van der Waals surface area contributed by atoms with E-state index in [-0.39, 0.29) is 18.5 Å². The van der Waals surface area contributed by atoms with Gasteiger partial charge in [0.25, 0.3) is 11.8 Å². The van der Waals surface area contributed by atoms with Crippen LogP contribution >= 0.6 is 0 Å². The largest absolute Gasteiger partial charge is 0.345 e. The minimum Gasteiger partial charge on any atom is -0.345 e. The molecule has 2 aromatic carbocycles. The van der Waals surface area contributed by atoms with Gasteiger partial charge in [-0.3, -0.25) is 24.1 Å². The molecule has 0 aromatic heterocycles. The van der Waals surface area contributed by atoms with Gasteiger partial charge >= 0.3 is 0 Å². The van der Waals surface area contributed by atoms with Crippen molar-refractivity contribution in [1.29, 1.82) is 0 Å². The van der Waals surface area contributed by atoms with Crippen LogP contribution in [0.25, 0.3) is 0 Å². The highest BCUT2D eigenvalue weighted by Crippen LogP contribution is 2.21. The van der Waals surface area contributed by atoms with Gasteiger partial charge in [0.1, 0.15) is 6.54 Å². The summed E-state index contributed by atoms with van der Waals surface area (Å²) >= 11 is 0. The van der Waals surface area contributed by atoms with Gasteiger partial charge in [0.05, 0.1) is 17.7 Å². The summed E-state index contributed by atoms with van der Waals surface area (Å²) in [6.45, 7) is 1.36. The Bertz CT molecular complexity index is 923. The molecule has 1 N–H and O–H groups in total. The Hall–Kier alpha value is -3.48. The molecule has 156 valence electrons. The van der Waals surface area contributed by atoms with Crippen molar-refractivity contribution in [3.63, 3.8) is 0 Å². The van der Waals surface area contributed by atoms with Crippen LogP contribution in [0.15, 0.2) is 54.6 Å². The number of amides is 4. The molecular formula is C23H25N3O4. The van der Waals surface area contributed by atoms with Gasteiger partial charge in [-0.25, -0.2) is 0 Å². The number of carbonyl (C=O) groups is 4. The van der Waals surface area contributed by atoms with Crippen LogP contribution in [-0.2, 0) is 16.0 Å². The number of rotatable bonds is 8. The van der Waals surface area contributed by atoms with Crippen LogP contribution in [0.1, 0.15) is 39.6 Å². The van der Waals surface area contributed by atoms with Crippen molar-refractivity contribution in [3.05, 3.63) is 71.3 Å². The maximum atomic E-state index is 12.4. The summed E-state index contributed by atoms with van der Waals surface area (Å²) in [5, 5.41) is 2.51. The first-order chi connectivity index (χ1) is 14.4. The Morgan fingerprint density at radius 1 is 0.967 bits per heavy atom. The topological polar surface area (TPSA) is 86.8 Å². The quantitative estimate of drug-likeness (QED) is 0.677. The third kappa shape index (κ3) is 4.74. The molecule has 0 saturated carbocycles. The molecule has 1 atom stereocenters. The van der Waals surface area contributed by atoms with E-state index in [1.165, 1.54) is 5.56 Å². The second-order valence-corrected chi connectivity index (χ2v) is 7.40. The van der Waals surface area contributed by atoms with Crippen LogP contribution in [-0.4, -0.2) is 59.6 Å². The van der Waals surface area contributed by atoms with Crippen molar-refractivity contribution in [2.45, 2.75) is 25.8 Å². The van der Waals surface area contributed by atoms with Gasteiger partial charge in [-0.1, -0.05) is 42.5 Å². The third-order valence-corrected chi connectivity index (χ3v) is 5.36. The maximum absolute atomic E-state index is 12.4. The molecule has 1 aliphatic rings. The average Bonchev–Trinajstić information content (AvgIpc) is 3.01. The molecule has 0 saturated heterocycles. The summed E-state index contributed by atoms with van der Waals surface area (Å²) in [5.74, 6) is -1.78. The first-order valence-corrected chi connectivity index (χ1v) is 9.90. The summed E-state index contributed by atoms with van der Waals surface area (Å²) in [4.78, 5) is 51.8. The number of aryl methyl sites for hydroxylation is 1. The molecule has 2 aromatic rings. The molecule has 4 amide bonds. The Kier molecular flexibility index (Phi) is 6.61. The molecule has 7 nitrogen and oxygen atoms in total. The molecular weight excluding hydrogens is 382 g/mol. The average molecular weight is 407 g/mol. The zero-order chi connectivity index (χ0) is 21.7. The fraction of sp³-hybridized carbons (Fsp3) is 0.304. The molecule has 1 heterocycles. The Morgan fingerprint density at radius 3 is 2.13 bits per heavy atom. The molecule has 0 radical (unpaired) electrons. The van der Waals surface area contributed by atoms with Crippen molar-refractivity contribution in [3.8, 4) is 0 Å². The highest BCUT2D eigenvalue weighted by Gasteiger charge is 2.36. The second-order valence-electron chi connectivity index (χ2n) is 7.40. The van der Waals surface area contributed by atoms with E-state index < -0.39 is 24.3 Å². The molecule has 0 fully saturated rings. The minimum absolute atomic E-state index is 0.00541. The van der Waals surface area contributed by atoms with Gasteiger partial charge in [0.15, 0.2) is 0 Å². The molecule has 0 spiro atoms. The Labute approximate surface area is 175 Å². The lowest BCUT2D eigenvalue weighted by Crippen LogP contribution is -2.45. The summed E-state index contributed by atoms with van der Waals surface area (Å²) < 4.78 is 0. The number of likely N-dealkylation sites (N-methyl/N-ethyl adjacent to an activating group) is 1. The standard InChI is InChI=1S/C23H25N3O4/c1-16(12-13-17-8-4-3-5-9-17)25(2)21(28)14-24-20(27)15-26-22(29)18-10-6-7-11-19(18)23(26)30/h3-11,16H,12-15H2,1-2H3,(H,24,27)/t16-/m0/s1. The van der Waals surface area contributed by atoms with Gasteiger partial charge in [-0.15, -0.1) is 0 Å². The molecule has 30 heavy (non-hydrogen) atoms. The number of hydrogen-bond donors (Lipinski definition) is 1. The molecule has 3 rings (SSSR count). The van der Waals surface area contributed by atoms with Crippen LogP contribution in [0.3, 0.4) is 0 Å². The van der Waals surface area contributed by atoms with E-state index in [4.69, 9.17) is 0 Å². The zero-order valence-corrected chi connectivity index (χ0v) is 17.1. The van der Waals surface area contributed by atoms with E-state index in [1.54, 1.807) is 36.2 Å². The highest BCUT2D eigenvalue weighted by atomic mass is 16.2. The predicted molar refractivity (Wildman–Crippen MR) is 112 cm³/mol. The van der Waals surface area contributed by atoms with Crippen LogP contribution in [0.5, 0.6) is 0 Å². The first-order valence-electron chi connectivity index (χ1n) is 9.90. The lowest BCUT2D eigenvalue weighted by Gasteiger charge is -2.25. The number of imide groups is 1. The molecule has 7 heteroatoms. The number of nitrogens with zero attached hydrogens (tertiary/aromatic N) is 2.